The summed E-state index contributed by atoms with van der Waals surface area (Å²) in [6, 6.07) is 9.13. The van der Waals surface area contributed by atoms with Gasteiger partial charge in [-0.3, -0.25) is 4.90 Å². The molecular formula is C18H27ClN2. The third kappa shape index (κ3) is 4.21. The second-order valence-corrected chi connectivity index (χ2v) is 7.31. The summed E-state index contributed by atoms with van der Waals surface area (Å²) < 4.78 is 0. The fourth-order valence-electron chi connectivity index (χ4n) is 3.85. The Balaban J connectivity index is 1.47. The highest BCUT2D eigenvalue weighted by Gasteiger charge is 2.27. The molecule has 0 unspecified atom stereocenters. The molecule has 0 aliphatic carbocycles. The average Bonchev–Trinajstić information content (AvgIpc) is 2.50. The van der Waals surface area contributed by atoms with Gasteiger partial charge in [0.05, 0.1) is 0 Å². The summed E-state index contributed by atoms with van der Waals surface area (Å²) in [5.74, 6) is 0.894. The van der Waals surface area contributed by atoms with Crippen molar-refractivity contribution in [2.24, 2.45) is 5.92 Å². The molecule has 1 aromatic rings. The van der Waals surface area contributed by atoms with Crippen LogP contribution < -0.4 is 0 Å². The van der Waals surface area contributed by atoms with Crippen LogP contribution in [0.15, 0.2) is 24.3 Å². The van der Waals surface area contributed by atoms with E-state index in [2.05, 4.69) is 28.9 Å². The minimum Gasteiger partial charge on any atom is -0.300 e. The van der Waals surface area contributed by atoms with E-state index in [1.165, 1.54) is 57.4 Å². The predicted octanol–water partition coefficient (Wildman–Crippen LogP) is 4.04. The molecule has 1 atom stereocenters. The molecule has 3 heteroatoms. The van der Waals surface area contributed by atoms with Crippen molar-refractivity contribution in [1.82, 2.24) is 9.80 Å². The van der Waals surface area contributed by atoms with Gasteiger partial charge in [0.15, 0.2) is 0 Å². The molecular weight excluding hydrogens is 280 g/mol. The second kappa shape index (κ2) is 7.13. The summed E-state index contributed by atoms with van der Waals surface area (Å²) in [5, 5.41) is 0.830. The van der Waals surface area contributed by atoms with Crippen molar-refractivity contribution in [3.63, 3.8) is 0 Å². The van der Waals surface area contributed by atoms with Gasteiger partial charge in [0.25, 0.3) is 0 Å². The van der Waals surface area contributed by atoms with Gasteiger partial charge in [0, 0.05) is 24.2 Å². The molecule has 0 spiro atoms. The third-order valence-corrected chi connectivity index (χ3v) is 5.33. The number of halogens is 1. The fraction of sp³-hybridized carbons (Fsp3) is 0.667. The minimum absolute atomic E-state index is 0.828. The SMILES string of the molecule is C[C@H]1CCCN(C2CCN(Cc3ccc(Cl)cc3)CC2)C1. The van der Waals surface area contributed by atoms with Crippen LogP contribution in [-0.4, -0.2) is 42.0 Å². The zero-order valence-electron chi connectivity index (χ0n) is 13.1. The Morgan fingerprint density at radius 1 is 1.05 bits per heavy atom. The number of hydrogen-bond donors (Lipinski definition) is 0. The van der Waals surface area contributed by atoms with Gasteiger partial charge in [0.2, 0.25) is 0 Å². The van der Waals surface area contributed by atoms with Crippen LogP contribution in [-0.2, 0) is 6.54 Å². The van der Waals surface area contributed by atoms with Crippen LogP contribution in [0.1, 0.15) is 38.2 Å². The lowest BCUT2D eigenvalue weighted by Crippen LogP contribution is -2.47. The largest absolute Gasteiger partial charge is 0.300 e. The van der Waals surface area contributed by atoms with Crippen LogP contribution >= 0.6 is 11.6 Å². The predicted molar refractivity (Wildman–Crippen MR) is 89.7 cm³/mol. The Morgan fingerprint density at radius 3 is 2.43 bits per heavy atom. The van der Waals surface area contributed by atoms with E-state index in [9.17, 15) is 0 Å². The van der Waals surface area contributed by atoms with Crippen LogP contribution in [0.4, 0.5) is 0 Å². The van der Waals surface area contributed by atoms with Crippen LogP contribution in [0.25, 0.3) is 0 Å². The van der Waals surface area contributed by atoms with Crippen molar-refractivity contribution in [3.8, 4) is 0 Å². The van der Waals surface area contributed by atoms with Gasteiger partial charge in [-0.05, 0) is 68.9 Å². The monoisotopic (exact) mass is 306 g/mol. The minimum atomic E-state index is 0.828. The second-order valence-electron chi connectivity index (χ2n) is 6.88. The Hall–Kier alpha value is -0.570. The van der Waals surface area contributed by atoms with E-state index in [1.54, 1.807) is 0 Å². The molecule has 2 fully saturated rings. The molecule has 21 heavy (non-hydrogen) atoms. The lowest BCUT2D eigenvalue weighted by Gasteiger charge is -2.41. The molecule has 0 bridgehead atoms. The summed E-state index contributed by atoms with van der Waals surface area (Å²) in [7, 11) is 0. The first-order valence-electron chi connectivity index (χ1n) is 8.41. The molecule has 2 aliphatic rings. The van der Waals surface area contributed by atoms with Crippen LogP contribution in [0, 0.1) is 5.92 Å². The fourth-order valence-corrected chi connectivity index (χ4v) is 3.97. The van der Waals surface area contributed by atoms with Gasteiger partial charge in [0.1, 0.15) is 0 Å². The molecule has 116 valence electrons. The first-order chi connectivity index (χ1) is 10.2. The summed E-state index contributed by atoms with van der Waals surface area (Å²) >= 11 is 5.95. The zero-order chi connectivity index (χ0) is 14.7. The van der Waals surface area contributed by atoms with Gasteiger partial charge in [-0.15, -0.1) is 0 Å². The molecule has 0 N–H and O–H groups in total. The lowest BCUT2D eigenvalue weighted by atomic mass is 9.95. The maximum atomic E-state index is 5.95. The van der Waals surface area contributed by atoms with Crippen molar-refractivity contribution in [2.45, 2.75) is 45.2 Å². The van der Waals surface area contributed by atoms with Gasteiger partial charge in [-0.1, -0.05) is 30.7 Å². The van der Waals surface area contributed by atoms with Crippen molar-refractivity contribution in [1.29, 1.82) is 0 Å². The quantitative estimate of drug-likeness (QED) is 0.831. The molecule has 0 amide bonds. The Morgan fingerprint density at radius 2 is 1.76 bits per heavy atom. The molecule has 0 saturated carbocycles. The standard InChI is InChI=1S/C18H27ClN2/c1-15-3-2-10-21(13-15)18-8-11-20(12-9-18)14-16-4-6-17(19)7-5-16/h4-7,15,18H,2-3,8-14H2,1H3/t15-/m0/s1. The van der Waals surface area contributed by atoms with E-state index >= 15 is 0 Å². The topological polar surface area (TPSA) is 6.48 Å². The van der Waals surface area contributed by atoms with Crippen LogP contribution in [0.5, 0.6) is 0 Å². The van der Waals surface area contributed by atoms with E-state index < -0.39 is 0 Å². The highest BCUT2D eigenvalue weighted by atomic mass is 35.5. The number of nitrogens with zero attached hydrogens (tertiary/aromatic N) is 2. The molecule has 2 heterocycles. The Bertz CT molecular complexity index is 437. The molecule has 3 rings (SSSR count). The van der Waals surface area contributed by atoms with Crippen molar-refractivity contribution >= 4 is 11.6 Å². The first-order valence-corrected chi connectivity index (χ1v) is 8.79. The maximum absolute atomic E-state index is 5.95. The van der Waals surface area contributed by atoms with Gasteiger partial charge >= 0.3 is 0 Å². The lowest BCUT2D eigenvalue weighted by molar-refractivity contribution is 0.0729. The van der Waals surface area contributed by atoms with Crippen molar-refractivity contribution in [2.75, 3.05) is 26.2 Å². The molecule has 2 nitrogen and oxygen atoms in total. The Kier molecular flexibility index (Phi) is 5.20. The van der Waals surface area contributed by atoms with E-state index in [0.717, 1.165) is 23.5 Å². The molecule has 0 aromatic heterocycles. The summed E-state index contributed by atoms with van der Waals surface area (Å²) in [6.45, 7) is 8.59. The van der Waals surface area contributed by atoms with E-state index in [4.69, 9.17) is 11.6 Å². The van der Waals surface area contributed by atoms with Gasteiger partial charge in [-0.25, -0.2) is 0 Å². The highest BCUT2D eigenvalue weighted by Crippen LogP contribution is 2.24. The van der Waals surface area contributed by atoms with Crippen LogP contribution in [0.2, 0.25) is 5.02 Å². The molecule has 2 saturated heterocycles. The maximum Gasteiger partial charge on any atom is 0.0406 e. The molecule has 2 aliphatic heterocycles. The van der Waals surface area contributed by atoms with E-state index in [0.29, 0.717) is 0 Å². The highest BCUT2D eigenvalue weighted by molar-refractivity contribution is 6.30. The summed E-state index contributed by atoms with van der Waals surface area (Å²) in [4.78, 5) is 5.35. The number of benzene rings is 1. The smallest absolute Gasteiger partial charge is 0.0406 e. The van der Waals surface area contributed by atoms with E-state index in [1.807, 2.05) is 12.1 Å². The van der Waals surface area contributed by atoms with E-state index in [-0.39, 0.29) is 0 Å². The summed E-state index contributed by atoms with van der Waals surface area (Å²) in [6.07, 6.45) is 5.48. The zero-order valence-corrected chi connectivity index (χ0v) is 13.9. The van der Waals surface area contributed by atoms with Crippen molar-refractivity contribution < 1.29 is 0 Å². The van der Waals surface area contributed by atoms with Gasteiger partial charge in [-0.2, -0.15) is 0 Å². The first kappa shape index (κ1) is 15.3. The summed E-state index contributed by atoms with van der Waals surface area (Å²) in [5.41, 5.74) is 1.38. The van der Waals surface area contributed by atoms with Crippen molar-refractivity contribution in [3.05, 3.63) is 34.9 Å². The number of rotatable bonds is 3. The normalized spacial score (nSPS) is 26.1. The number of piperidine rings is 2. The number of hydrogen-bond acceptors (Lipinski definition) is 2. The number of likely N-dealkylation sites (tertiary alicyclic amines) is 2. The average molecular weight is 307 g/mol. The molecule has 0 radical (unpaired) electrons. The Labute approximate surface area is 134 Å². The third-order valence-electron chi connectivity index (χ3n) is 5.08. The van der Waals surface area contributed by atoms with Crippen LogP contribution in [0.3, 0.4) is 0 Å². The molecule has 1 aromatic carbocycles. The van der Waals surface area contributed by atoms with Gasteiger partial charge < -0.3 is 4.90 Å².